The van der Waals surface area contributed by atoms with Gasteiger partial charge in [-0.3, -0.25) is 9.59 Å². The molecule has 0 amide bonds. The van der Waals surface area contributed by atoms with Crippen LogP contribution in [0.15, 0.2) is 24.3 Å². The zero-order chi connectivity index (χ0) is 18.4. The Kier molecular flexibility index (Phi) is 4.23. The zero-order valence-corrected chi connectivity index (χ0v) is 14.6. The van der Waals surface area contributed by atoms with Gasteiger partial charge in [0.1, 0.15) is 11.8 Å². The van der Waals surface area contributed by atoms with E-state index in [0.29, 0.717) is 11.1 Å². The molecule has 2 saturated heterocycles. The van der Waals surface area contributed by atoms with Crippen molar-refractivity contribution in [3.63, 3.8) is 0 Å². The molecule has 2 fully saturated rings. The summed E-state index contributed by atoms with van der Waals surface area (Å²) in [6, 6.07) is 7.19. The van der Waals surface area contributed by atoms with Crippen molar-refractivity contribution >= 4 is 11.9 Å². The molecule has 0 aromatic heterocycles. The van der Waals surface area contributed by atoms with E-state index < -0.39 is 35.3 Å². The van der Waals surface area contributed by atoms with Crippen LogP contribution < -0.4 is 0 Å². The Hall–Kier alpha value is -2.00. The highest BCUT2D eigenvalue weighted by molar-refractivity contribution is 5.85. The standard InChI is InChI=1S/C18H20O8/c1-21-15(19)13-14(16(20)22-2)18(25-9-10-26-18)12-6-4-3-5-11(12)17(13)23-7-8-24-17/h3-6,13-14H,7-10H2,1-2H3. The van der Waals surface area contributed by atoms with Crippen molar-refractivity contribution in [1.29, 1.82) is 0 Å². The molecule has 26 heavy (non-hydrogen) atoms. The topological polar surface area (TPSA) is 89.5 Å². The van der Waals surface area contributed by atoms with Gasteiger partial charge in [-0.05, 0) is 0 Å². The first kappa shape index (κ1) is 17.4. The van der Waals surface area contributed by atoms with Crippen LogP contribution in [0.5, 0.6) is 0 Å². The van der Waals surface area contributed by atoms with Crippen LogP contribution in [0.4, 0.5) is 0 Å². The zero-order valence-electron chi connectivity index (χ0n) is 14.6. The summed E-state index contributed by atoms with van der Waals surface area (Å²) in [6.45, 7) is 1.13. The molecule has 2 heterocycles. The fourth-order valence-corrected chi connectivity index (χ4v) is 4.23. The molecule has 8 nitrogen and oxygen atoms in total. The van der Waals surface area contributed by atoms with Gasteiger partial charge in [0.2, 0.25) is 11.6 Å². The van der Waals surface area contributed by atoms with Crippen LogP contribution >= 0.6 is 0 Å². The first-order valence-electron chi connectivity index (χ1n) is 8.42. The van der Waals surface area contributed by atoms with Crippen LogP contribution in [0.2, 0.25) is 0 Å². The van der Waals surface area contributed by atoms with Gasteiger partial charge in [0.05, 0.1) is 40.6 Å². The molecule has 0 saturated carbocycles. The molecule has 1 aromatic carbocycles. The second kappa shape index (κ2) is 6.31. The Labute approximate surface area is 150 Å². The number of hydrogen-bond donors (Lipinski definition) is 0. The molecule has 0 bridgehead atoms. The van der Waals surface area contributed by atoms with Gasteiger partial charge in [-0.25, -0.2) is 0 Å². The highest BCUT2D eigenvalue weighted by atomic mass is 16.8. The normalized spacial score (nSPS) is 28.1. The summed E-state index contributed by atoms with van der Waals surface area (Å²) in [5.41, 5.74) is 1.19. The largest absolute Gasteiger partial charge is 0.469 e. The third-order valence-electron chi connectivity index (χ3n) is 5.17. The van der Waals surface area contributed by atoms with Crippen molar-refractivity contribution in [3.8, 4) is 0 Å². The smallest absolute Gasteiger partial charge is 0.315 e. The predicted molar refractivity (Wildman–Crippen MR) is 84.6 cm³/mol. The minimum atomic E-state index is -1.46. The van der Waals surface area contributed by atoms with Gasteiger partial charge in [0.25, 0.3) is 0 Å². The molecule has 8 heteroatoms. The molecule has 2 aliphatic heterocycles. The number of rotatable bonds is 2. The van der Waals surface area contributed by atoms with E-state index in [1.165, 1.54) is 14.2 Å². The van der Waals surface area contributed by atoms with Gasteiger partial charge in [0.15, 0.2) is 0 Å². The SMILES string of the molecule is COC(=O)C1C(C(=O)OC)C2(OCCO2)c2ccccc2C12OCCO2. The summed E-state index contributed by atoms with van der Waals surface area (Å²) >= 11 is 0. The number of carbonyl (C=O) groups is 2. The van der Waals surface area contributed by atoms with E-state index in [9.17, 15) is 9.59 Å². The van der Waals surface area contributed by atoms with E-state index in [1.807, 2.05) is 0 Å². The molecule has 3 aliphatic rings. The number of fused-ring (bicyclic) bond motifs is 3. The van der Waals surface area contributed by atoms with E-state index in [1.54, 1.807) is 24.3 Å². The molecular weight excluding hydrogens is 344 g/mol. The van der Waals surface area contributed by atoms with Crippen LogP contribution in [0.3, 0.4) is 0 Å². The summed E-state index contributed by atoms with van der Waals surface area (Å²) in [4.78, 5) is 25.6. The quantitative estimate of drug-likeness (QED) is 0.708. The molecule has 2 spiro atoms. The molecule has 140 valence electrons. The minimum absolute atomic E-state index is 0.282. The van der Waals surface area contributed by atoms with Crippen molar-refractivity contribution in [2.45, 2.75) is 11.6 Å². The highest BCUT2D eigenvalue weighted by Gasteiger charge is 2.69. The number of carbonyl (C=O) groups excluding carboxylic acids is 2. The van der Waals surface area contributed by atoms with Crippen molar-refractivity contribution in [2.24, 2.45) is 11.8 Å². The van der Waals surface area contributed by atoms with Crippen LogP contribution in [-0.4, -0.2) is 52.6 Å². The molecule has 0 N–H and O–H groups in total. The summed E-state index contributed by atoms with van der Waals surface area (Å²) in [5, 5.41) is 0. The average Bonchev–Trinajstić information content (AvgIpc) is 3.35. The highest BCUT2D eigenvalue weighted by Crippen LogP contribution is 2.57. The maximum Gasteiger partial charge on any atom is 0.315 e. The molecule has 1 aliphatic carbocycles. The molecular formula is C18H20O8. The summed E-state index contributed by atoms with van der Waals surface area (Å²) in [6.07, 6.45) is 0. The first-order valence-corrected chi connectivity index (χ1v) is 8.42. The van der Waals surface area contributed by atoms with E-state index >= 15 is 0 Å². The van der Waals surface area contributed by atoms with Crippen LogP contribution in [0.1, 0.15) is 11.1 Å². The first-order chi connectivity index (χ1) is 12.6. The molecule has 2 unspecified atom stereocenters. The summed E-state index contributed by atoms with van der Waals surface area (Å²) in [7, 11) is 2.51. The van der Waals surface area contributed by atoms with Crippen LogP contribution in [0, 0.1) is 11.8 Å². The van der Waals surface area contributed by atoms with Gasteiger partial charge in [0, 0.05) is 11.1 Å². The van der Waals surface area contributed by atoms with Crippen molar-refractivity contribution < 1.29 is 38.0 Å². The van der Waals surface area contributed by atoms with Crippen LogP contribution in [0.25, 0.3) is 0 Å². The van der Waals surface area contributed by atoms with Gasteiger partial charge >= 0.3 is 11.9 Å². The molecule has 1 aromatic rings. The van der Waals surface area contributed by atoms with Crippen molar-refractivity contribution in [3.05, 3.63) is 35.4 Å². The monoisotopic (exact) mass is 364 g/mol. The van der Waals surface area contributed by atoms with Gasteiger partial charge in [-0.1, -0.05) is 24.3 Å². The molecule has 0 radical (unpaired) electrons. The fourth-order valence-electron chi connectivity index (χ4n) is 4.23. The molecule has 2 atom stereocenters. The third-order valence-corrected chi connectivity index (χ3v) is 5.17. The van der Waals surface area contributed by atoms with Crippen LogP contribution in [-0.2, 0) is 49.6 Å². The maximum absolute atomic E-state index is 12.8. The van der Waals surface area contributed by atoms with E-state index in [4.69, 9.17) is 28.4 Å². The lowest BCUT2D eigenvalue weighted by atomic mass is 9.67. The third kappa shape index (κ3) is 2.16. The Bertz CT molecular complexity index is 657. The fraction of sp³-hybridized carbons (Fsp3) is 0.556. The van der Waals surface area contributed by atoms with Crippen molar-refractivity contribution in [2.75, 3.05) is 40.6 Å². The number of esters is 2. The second-order valence-electron chi connectivity index (χ2n) is 6.28. The van der Waals surface area contributed by atoms with Gasteiger partial charge in [-0.2, -0.15) is 0 Å². The van der Waals surface area contributed by atoms with E-state index in [2.05, 4.69) is 0 Å². The average molecular weight is 364 g/mol. The van der Waals surface area contributed by atoms with Crippen molar-refractivity contribution in [1.82, 2.24) is 0 Å². The predicted octanol–water partition coefficient (Wildman–Crippen LogP) is 0.678. The Balaban J connectivity index is 2.02. The Morgan fingerprint density at radius 1 is 0.808 bits per heavy atom. The Morgan fingerprint density at radius 2 is 1.15 bits per heavy atom. The van der Waals surface area contributed by atoms with E-state index in [0.717, 1.165) is 0 Å². The maximum atomic E-state index is 12.8. The number of benzene rings is 1. The van der Waals surface area contributed by atoms with Gasteiger partial charge in [-0.15, -0.1) is 0 Å². The molecule has 4 rings (SSSR count). The Morgan fingerprint density at radius 3 is 1.46 bits per heavy atom. The second-order valence-corrected chi connectivity index (χ2v) is 6.28. The lowest BCUT2D eigenvalue weighted by Crippen LogP contribution is -2.60. The number of methoxy groups -OCH3 is 2. The number of hydrogen-bond acceptors (Lipinski definition) is 8. The summed E-state index contributed by atoms with van der Waals surface area (Å²) < 4.78 is 33.7. The lowest BCUT2D eigenvalue weighted by molar-refractivity contribution is -0.292. The minimum Gasteiger partial charge on any atom is -0.469 e. The van der Waals surface area contributed by atoms with Gasteiger partial charge < -0.3 is 28.4 Å². The summed E-state index contributed by atoms with van der Waals surface area (Å²) in [5.74, 6) is -6.51. The van der Waals surface area contributed by atoms with E-state index in [-0.39, 0.29) is 26.4 Å². The lowest BCUT2D eigenvalue weighted by Gasteiger charge is -2.49. The number of ether oxygens (including phenoxy) is 6.